The number of benzene rings is 1. The predicted molar refractivity (Wildman–Crippen MR) is 96.8 cm³/mol. The zero-order valence-electron chi connectivity index (χ0n) is 14.7. The second kappa shape index (κ2) is 6.76. The molecule has 4 aliphatic rings. The smallest absolute Gasteiger partial charge is 0.162 e. The van der Waals surface area contributed by atoms with Crippen molar-refractivity contribution in [1.82, 2.24) is 5.32 Å². The average molecular weight is 350 g/mol. The Morgan fingerprint density at radius 1 is 1.04 bits per heavy atom. The van der Waals surface area contributed by atoms with E-state index in [1.54, 1.807) is 7.11 Å². The third-order valence-corrected chi connectivity index (χ3v) is 6.74. The Labute approximate surface area is 150 Å². The third kappa shape index (κ3) is 3.01. The van der Waals surface area contributed by atoms with E-state index >= 15 is 0 Å². The maximum absolute atomic E-state index is 6.47. The lowest BCUT2D eigenvalue weighted by molar-refractivity contribution is -0.0142. The van der Waals surface area contributed by atoms with Crippen LogP contribution in [0.5, 0.6) is 11.5 Å². The minimum absolute atomic E-state index is 0.625. The number of hydrogen-bond acceptors (Lipinski definition) is 3. The minimum atomic E-state index is 0.625. The molecule has 0 aromatic heterocycles. The Kier molecular flexibility index (Phi) is 4.66. The molecule has 0 amide bonds. The maximum Gasteiger partial charge on any atom is 0.162 e. The van der Waals surface area contributed by atoms with Crippen molar-refractivity contribution in [2.75, 3.05) is 13.7 Å². The van der Waals surface area contributed by atoms with Crippen LogP contribution in [-0.2, 0) is 6.54 Å². The van der Waals surface area contributed by atoms with Gasteiger partial charge in [-0.2, -0.15) is 0 Å². The quantitative estimate of drug-likeness (QED) is 0.810. The second-order valence-electron chi connectivity index (χ2n) is 7.86. The zero-order chi connectivity index (χ0) is 16.7. The van der Waals surface area contributed by atoms with Crippen molar-refractivity contribution in [3.8, 4) is 11.5 Å². The van der Waals surface area contributed by atoms with Crippen LogP contribution in [0.15, 0.2) is 12.1 Å². The lowest BCUT2D eigenvalue weighted by Gasteiger charge is -2.54. The van der Waals surface area contributed by atoms with Gasteiger partial charge in [0.25, 0.3) is 0 Å². The van der Waals surface area contributed by atoms with E-state index in [0.717, 1.165) is 46.6 Å². The molecule has 1 aromatic carbocycles. The molecule has 4 bridgehead atoms. The Morgan fingerprint density at radius 2 is 1.71 bits per heavy atom. The van der Waals surface area contributed by atoms with Crippen molar-refractivity contribution in [3.05, 3.63) is 22.7 Å². The first kappa shape index (κ1) is 16.5. The Balaban J connectivity index is 1.47. The number of methoxy groups -OCH3 is 1. The fraction of sp³-hybridized carbons (Fsp3) is 0.700. The molecule has 0 heterocycles. The predicted octanol–water partition coefficient (Wildman–Crippen LogP) is 4.66. The van der Waals surface area contributed by atoms with Gasteiger partial charge in [0, 0.05) is 23.7 Å². The Bertz CT molecular complexity index is 576. The van der Waals surface area contributed by atoms with Crippen LogP contribution in [0.25, 0.3) is 0 Å². The molecule has 0 spiro atoms. The van der Waals surface area contributed by atoms with Gasteiger partial charge in [-0.1, -0.05) is 11.6 Å². The first-order valence-electron chi connectivity index (χ1n) is 9.40. The van der Waals surface area contributed by atoms with E-state index in [1.807, 2.05) is 19.1 Å². The van der Waals surface area contributed by atoms with Gasteiger partial charge < -0.3 is 14.8 Å². The molecule has 0 saturated heterocycles. The number of ether oxygens (including phenoxy) is 2. The molecule has 4 saturated carbocycles. The van der Waals surface area contributed by atoms with Gasteiger partial charge in [-0.05, 0) is 74.3 Å². The highest BCUT2D eigenvalue weighted by atomic mass is 35.5. The summed E-state index contributed by atoms with van der Waals surface area (Å²) in [7, 11) is 1.65. The molecule has 4 heteroatoms. The summed E-state index contributed by atoms with van der Waals surface area (Å²) in [6, 6.07) is 4.58. The lowest BCUT2D eigenvalue weighted by Crippen LogP contribution is -2.54. The van der Waals surface area contributed by atoms with E-state index in [2.05, 4.69) is 5.32 Å². The van der Waals surface area contributed by atoms with E-state index < -0.39 is 0 Å². The number of hydrogen-bond donors (Lipinski definition) is 1. The average Bonchev–Trinajstić information content (AvgIpc) is 2.56. The molecule has 0 unspecified atom stereocenters. The van der Waals surface area contributed by atoms with Crippen molar-refractivity contribution in [3.63, 3.8) is 0 Å². The van der Waals surface area contributed by atoms with Crippen LogP contribution in [0, 0.1) is 23.7 Å². The van der Waals surface area contributed by atoms with Crippen LogP contribution in [0.2, 0.25) is 5.02 Å². The summed E-state index contributed by atoms with van der Waals surface area (Å²) < 4.78 is 11.1. The van der Waals surface area contributed by atoms with E-state index in [0.29, 0.717) is 18.4 Å². The molecule has 3 nitrogen and oxygen atoms in total. The van der Waals surface area contributed by atoms with Crippen LogP contribution in [0.4, 0.5) is 0 Å². The minimum Gasteiger partial charge on any atom is -0.493 e. The second-order valence-corrected chi connectivity index (χ2v) is 8.27. The van der Waals surface area contributed by atoms with Crippen LogP contribution in [0.1, 0.15) is 44.6 Å². The van der Waals surface area contributed by atoms with Crippen LogP contribution in [0.3, 0.4) is 0 Å². The van der Waals surface area contributed by atoms with Gasteiger partial charge in [-0.25, -0.2) is 0 Å². The fourth-order valence-corrected chi connectivity index (χ4v) is 5.85. The molecule has 1 N–H and O–H groups in total. The first-order chi connectivity index (χ1) is 11.7. The van der Waals surface area contributed by atoms with Crippen molar-refractivity contribution in [1.29, 1.82) is 0 Å². The van der Waals surface area contributed by atoms with E-state index in [4.69, 9.17) is 21.1 Å². The largest absolute Gasteiger partial charge is 0.493 e. The Morgan fingerprint density at radius 3 is 2.29 bits per heavy atom. The summed E-state index contributed by atoms with van der Waals surface area (Å²) in [6.45, 7) is 3.43. The number of rotatable bonds is 6. The summed E-state index contributed by atoms with van der Waals surface area (Å²) >= 11 is 6.47. The molecule has 132 valence electrons. The zero-order valence-corrected chi connectivity index (χ0v) is 15.4. The number of nitrogens with one attached hydrogen (secondary N) is 1. The molecular weight excluding hydrogens is 322 g/mol. The normalized spacial score (nSPS) is 33.7. The third-order valence-electron chi connectivity index (χ3n) is 6.39. The highest BCUT2D eigenvalue weighted by molar-refractivity contribution is 6.31. The van der Waals surface area contributed by atoms with Gasteiger partial charge in [0.1, 0.15) is 0 Å². The molecule has 4 aliphatic carbocycles. The topological polar surface area (TPSA) is 30.5 Å². The van der Waals surface area contributed by atoms with Crippen molar-refractivity contribution in [2.45, 2.75) is 51.6 Å². The van der Waals surface area contributed by atoms with E-state index in [9.17, 15) is 0 Å². The first-order valence-corrected chi connectivity index (χ1v) is 9.78. The van der Waals surface area contributed by atoms with E-state index in [-0.39, 0.29) is 0 Å². The molecular formula is C20H28ClNO2. The fourth-order valence-electron chi connectivity index (χ4n) is 5.63. The van der Waals surface area contributed by atoms with Gasteiger partial charge in [0.15, 0.2) is 11.5 Å². The molecule has 0 radical (unpaired) electrons. The summed E-state index contributed by atoms with van der Waals surface area (Å²) in [6.07, 6.45) is 7.24. The molecule has 0 aliphatic heterocycles. The molecule has 24 heavy (non-hydrogen) atoms. The summed E-state index contributed by atoms with van der Waals surface area (Å²) in [5.74, 6) is 5.28. The lowest BCUT2D eigenvalue weighted by atomic mass is 9.54. The molecule has 4 fully saturated rings. The van der Waals surface area contributed by atoms with Crippen LogP contribution >= 0.6 is 11.6 Å². The standard InChI is InChI=1S/C20H28ClNO2/c1-3-24-19-9-16(17(21)10-18(19)23-2)11-22-20-14-5-12-4-13(7-14)8-15(20)6-12/h9-10,12-15,20,22H,3-8,11H2,1-2H3. The summed E-state index contributed by atoms with van der Waals surface area (Å²) in [4.78, 5) is 0. The molecule has 0 atom stereocenters. The highest BCUT2D eigenvalue weighted by Crippen LogP contribution is 2.53. The van der Waals surface area contributed by atoms with Gasteiger partial charge in [0.2, 0.25) is 0 Å². The van der Waals surface area contributed by atoms with Gasteiger partial charge in [0.05, 0.1) is 13.7 Å². The van der Waals surface area contributed by atoms with Crippen LogP contribution < -0.4 is 14.8 Å². The van der Waals surface area contributed by atoms with Crippen molar-refractivity contribution < 1.29 is 9.47 Å². The van der Waals surface area contributed by atoms with Gasteiger partial charge >= 0.3 is 0 Å². The SMILES string of the molecule is CCOc1cc(CNC2C3CC4CC(C3)CC2C4)c(Cl)cc1OC. The van der Waals surface area contributed by atoms with Gasteiger partial charge in [-0.3, -0.25) is 0 Å². The monoisotopic (exact) mass is 349 g/mol. The summed E-state index contributed by atoms with van der Waals surface area (Å²) in [5.41, 5.74) is 1.11. The molecule has 1 aromatic rings. The van der Waals surface area contributed by atoms with E-state index in [1.165, 1.54) is 32.1 Å². The molecule has 5 rings (SSSR count). The maximum atomic E-state index is 6.47. The Hall–Kier alpha value is -0.930. The van der Waals surface area contributed by atoms with Crippen molar-refractivity contribution in [2.24, 2.45) is 23.7 Å². The summed E-state index contributed by atoms with van der Waals surface area (Å²) in [5, 5.41) is 4.60. The van der Waals surface area contributed by atoms with Crippen LogP contribution in [-0.4, -0.2) is 19.8 Å². The van der Waals surface area contributed by atoms with Gasteiger partial charge in [-0.15, -0.1) is 0 Å². The van der Waals surface area contributed by atoms with Crippen molar-refractivity contribution >= 4 is 11.6 Å². The number of halogens is 1. The highest BCUT2D eigenvalue weighted by Gasteiger charge is 2.47.